The van der Waals surface area contributed by atoms with E-state index in [1.165, 1.54) is 18.2 Å². The first-order valence-corrected chi connectivity index (χ1v) is 5.87. The molecule has 2 rings (SSSR count). The highest BCUT2D eigenvalue weighted by Gasteiger charge is 2.14. The molecule has 0 saturated heterocycles. The maximum absolute atomic E-state index is 12.3. The Kier molecular flexibility index (Phi) is 4.17. The van der Waals surface area contributed by atoms with E-state index in [2.05, 4.69) is 10.0 Å². The van der Waals surface area contributed by atoms with Crippen LogP contribution in [-0.4, -0.2) is 10.9 Å². The number of nitrogens with zero attached hydrogens (tertiary/aromatic N) is 3. The highest BCUT2D eigenvalue weighted by atomic mass is 16.3. The van der Waals surface area contributed by atoms with Crippen LogP contribution in [0.3, 0.4) is 0 Å². The number of azide groups is 1. The van der Waals surface area contributed by atoms with Crippen molar-refractivity contribution in [3.8, 4) is 5.75 Å². The molecule has 2 aromatic rings. The summed E-state index contributed by atoms with van der Waals surface area (Å²) in [6, 6.07) is 15.1. The first kappa shape index (κ1) is 13.4. The molecule has 0 spiro atoms. The number of hydrogen-bond donors (Lipinski definition) is 1. The van der Waals surface area contributed by atoms with Gasteiger partial charge in [-0.1, -0.05) is 47.6 Å². The molecule has 0 saturated carbocycles. The number of phenolic OH excluding ortho intramolecular Hbond substituents is 1. The molecule has 98 valence electrons. The van der Waals surface area contributed by atoms with Gasteiger partial charge in [0.25, 0.3) is 0 Å². The number of phenols is 1. The minimum atomic E-state index is -0.523. The van der Waals surface area contributed by atoms with Crippen LogP contribution >= 0.6 is 0 Å². The first-order valence-electron chi connectivity index (χ1n) is 5.87. The third-order valence-corrected chi connectivity index (χ3v) is 2.64. The van der Waals surface area contributed by atoms with Crippen molar-refractivity contribution in [3.05, 3.63) is 81.9 Å². The van der Waals surface area contributed by atoms with Crippen LogP contribution in [0.2, 0.25) is 0 Å². The maximum Gasteiger partial charge on any atom is 0.199 e. The molecule has 0 aliphatic heterocycles. The van der Waals surface area contributed by atoms with Crippen molar-refractivity contribution in [2.75, 3.05) is 0 Å². The van der Waals surface area contributed by atoms with Gasteiger partial charge in [-0.2, -0.15) is 0 Å². The Labute approximate surface area is 115 Å². The molecule has 0 aliphatic rings. The Morgan fingerprint density at radius 2 is 1.75 bits per heavy atom. The second kappa shape index (κ2) is 6.22. The fraction of sp³-hybridized carbons (Fsp3) is 0. The molecule has 20 heavy (non-hydrogen) atoms. The molecule has 1 N–H and O–H groups in total. The van der Waals surface area contributed by atoms with Crippen LogP contribution in [0, 0.1) is 0 Å². The van der Waals surface area contributed by atoms with Gasteiger partial charge < -0.3 is 5.11 Å². The number of ketones is 1. The van der Waals surface area contributed by atoms with Gasteiger partial charge in [0.05, 0.1) is 11.3 Å². The Morgan fingerprint density at radius 3 is 2.40 bits per heavy atom. The monoisotopic (exact) mass is 265 g/mol. The molecule has 5 heteroatoms. The second-order valence-electron chi connectivity index (χ2n) is 3.98. The number of carbonyl (C=O) groups excluding carboxylic acids is 1. The molecule has 0 unspecified atom stereocenters. The van der Waals surface area contributed by atoms with Crippen molar-refractivity contribution in [3.63, 3.8) is 0 Å². The smallest absolute Gasteiger partial charge is 0.199 e. The molecule has 2 aromatic carbocycles. The molecule has 5 nitrogen and oxygen atoms in total. The summed E-state index contributed by atoms with van der Waals surface area (Å²) in [7, 11) is 0. The predicted molar refractivity (Wildman–Crippen MR) is 76.0 cm³/mol. The fourth-order valence-electron chi connectivity index (χ4n) is 1.70. The third kappa shape index (κ3) is 3.04. The Morgan fingerprint density at radius 1 is 1.10 bits per heavy atom. The molecular formula is C15H11N3O2. The topological polar surface area (TPSA) is 86.1 Å². The number of hydrogen-bond acceptors (Lipinski definition) is 3. The van der Waals surface area contributed by atoms with Gasteiger partial charge in [-0.25, -0.2) is 0 Å². The van der Waals surface area contributed by atoms with Crippen molar-refractivity contribution in [1.29, 1.82) is 0 Å². The van der Waals surface area contributed by atoms with Crippen LogP contribution in [-0.2, 0) is 0 Å². The van der Waals surface area contributed by atoms with Crippen molar-refractivity contribution in [2.24, 2.45) is 5.11 Å². The molecule has 0 amide bonds. The third-order valence-electron chi connectivity index (χ3n) is 2.64. The quantitative estimate of drug-likeness (QED) is 0.298. The van der Waals surface area contributed by atoms with E-state index < -0.39 is 5.78 Å². The van der Waals surface area contributed by atoms with Crippen molar-refractivity contribution in [2.45, 2.75) is 0 Å². The summed E-state index contributed by atoms with van der Waals surface area (Å²) in [5.41, 5.74) is 9.35. The maximum atomic E-state index is 12.3. The zero-order valence-corrected chi connectivity index (χ0v) is 10.5. The van der Waals surface area contributed by atoms with Crippen LogP contribution in [0.5, 0.6) is 5.75 Å². The summed E-state index contributed by atoms with van der Waals surface area (Å²) >= 11 is 0. The van der Waals surface area contributed by atoms with Gasteiger partial charge >= 0.3 is 0 Å². The highest BCUT2D eigenvalue weighted by molar-refractivity contribution is 6.12. The van der Waals surface area contributed by atoms with Crippen LogP contribution in [0.25, 0.3) is 16.5 Å². The molecular weight excluding hydrogens is 254 g/mol. The zero-order valence-electron chi connectivity index (χ0n) is 10.5. The van der Waals surface area contributed by atoms with Crippen LogP contribution in [0.1, 0.15) is 15.9 Å². The van der Waals surface area contributed by atoms with Gasteiger partial charge in [0.1, 0.15) is 5.75 Å². The summed E-state index contributed by atoms with van der Waals surface area (Å²) in [6.45, 7) is 0. The lowest BCUT2D eigenvalue weighted by atomic mass is 10.1. The van der Waals surface area contributed by atoms with Crippen molar-refractivity contribution >= 4 is 11.9 Å². The average molecular weight is 265 g/mol. The summed E-state index contributed by atoms with van der Waals surface area (Å²) in [4.78, 5) is 14.9. The summed E-state index contributed by atoms with van der Waals surface area (Å²) in [5, 5.41) is 13.1. The summed E-state index contributed by atoms with van der Waals surface area (Å²) in [5.74, 6) is -0.672. The SMILES string of the molecule is [N-]=[N+]=N/C(=C/c1ccccc1)C(=O)c1ccccc1O. The van der Waals surface area contributed by atoms with E-state index in [1.54, 1.807) is 24.3 Å². The van der Waals surface area contributed by atoms with Crippen molar-refractivity contribution in [1.82, 2.24) is 0 Å². The van der Waals surface area contributed by atoms with Gasteiger partial charge in [0, 0.05) is 4.91 Å². The van der Waals surface area contributed by atoms with E-state index >= 15 is 0 Å². The van der Waals surface area contributed by atoms with Crippen LogP contribution in [0.15, 0.2) is 65.4 Å². The number of carbonyl (C=O) groups is 1. The van der Waals surface area contributed by atoms with E-state index in [0.717, 1.165) is 5.56 Å². The number of aromatic hydroxyl groups is 1. The predicted octanol–water partition coefficient (Wildman–Crippen LogP) is 3.93. The molecule has 0 atom stereocenters. The summed E-state index contributed by atoms with van der Waals surface area (Å²) < 4.78 is 0. The highest BCUT2D eigenvalue weighted by Crippen LogP contribution is 2.21. The van der Waals surface area contributed by atoms with E-state index in [0.29, 0.717) is 0 Å². The molecule has 0 aromatic heterocycles. The van der Waals surface area contributed by atoms with Crippen LogP contribution < -0.4 is 0 Å². The first-order chi connectivity index (χ1) is 9.72. The second-order valence-corrected chi connectivity index (χ2v) is 3.98. The van der Waals surface area contributed by atoms with E-state index in [9.17, 15) is 9.90 Å². The molecule has 0 aliphatic carbocycles. The zero-order chi connectivity index (χ0) is 14.4. The number of rotatable bonds is 4. The van der Waals surface area contributed by atoms with E-state index in [-0.39, 0.29) is 17.0 Å². The lowest BCUT2D eigenvalue weighted by Crippen LogP contribution is -2.01. The van der Waals surface area contributed by atoms with Gasteiger partial charge in [-0.05, 0) is 29.3 Å². The van der Waals surface area contributed by atoms with Gasteiger partial charge in [-0.15, -0.1) is 0 Å². The van der Waals surface area contributed by atoms with E-state index in [1.807, 2.05) is 18.2 Å². The van der Waals surface area contributed by atoms with E-state index in [4.69, 9.17) is 5.53 Å². The Balaban J connectivity index is 2.45. The minimum Gasteiger partial charge on any atom is -0.507 e. The normalized spacial score (nSPS) is 10.7. The van der Waals surface area contributed by atoms with Gasteiger partial charge in [-0.3, -0.25) is 4.79 Å². The average Bonchev–Trinajstić information content (AvgIpc) is 2.48. The fourth-order valence-corrected chi connectivity index (χ4v) is 1.70. The van der Waals surface area contributed by atoms with Gasteiger partial charge in [0.2, 0.25) is 0 Å². The standard InChI is InChI=1S/C15H11N3O2/c16-18-17-13(10-11-6-2-1-3-7-11)15(20)12-8-4-5-9-14(12)19/h1-10,19H/b13-10+. The van der Waals surface area contributed by atoms with Crippen molar-refractivity contribution < 1.29 is 9.90 Å². The Hall–Kier alpha value is -3.04. The lowest BCUT2D eigenvalue weighted by Gasteiger charge is -2.03. The minimum absolute atomic E-state index is 0.0693. The van der Waals surface area contributed by atoms with Crippen LogP contribution in [0.4, 0.5) is 0 Å². The molecule has 0 heterocycles. The number of para-hydroxylation sites is 1. The number of benzene rings is 2. The lowest BCUT2D eigenvalue weighted by molar-refractivity contribution is 0.103. The summed E-state index contributed by atoms with van der Waals surface area (Å²) in [6.07, 6.45) is 1.48. The molecule has 0 bridgehead atoms. The molecule has 0 radical (unpaired) electrons. The largest absolute Gasteiger partial charge is 0.507 e. The Bertz CT molecular complexity index is 702. The number of allylic oxidation sites excluding steroid dienone is 1. The number of Topliss-reactive ketones (excluding diaryl/α,β-unsaturated/α-hetero) is 1. The molecule has 0 fully saturated rings. The van der Waals surface area contributed by atoms with Gasteiger partial charge in [0.15, 0.2) is 5.78 Å².